The van der Waals surface area contributed by atoms with Crippen LogP contribution in [-0.2, 0) is 14.8 Å². The van der Waals surface area contributed by atoms with Gasteiger partial charge in [0.1, 0.15) is 0 Å². The second kappa shape index (κ2) is 6.13. The Bertz CT molecular complexity index is 603. The highest BCUT2D eigenvalue weighted by atomic mass is 32.2. The maximum absolute atomic E-state index is 12.2. The van der Waals surface area contributed by atoms with E-state index in [4.69, 9.17) is 9.84 Å². The zero-order valence-electron chi connectivity index (χ0n) is 11.8. The number of hydrogen-bond donors (Lipinski definition) is 2. The van der Waals surface area contributed by atoms with Crippen molar-refractivity contribution in [3.05, 3.63) is 29.8 Å². The molecule has 0 saturated carbocycles. The Hall–Kier alpha value is -1.44. The summed E-state index contributed by atoms with van der Waals surface area (Å²) in [5.74, 6) is -1.08. The monoisotopic (exact) mass is 313 g/mol. The molecule has 1 saturated heterocycles. The minimum absolute atomic E-state index is 0.0605. The standard InChI is InChI=1S/C14H19NO5S/c1-14(6-8-20-9-7-14)10-15-21(18,19)12-4-2-11(3-5-12)13(16)17/h2-5,15H,6-10H2,1H3,(H,16,17). The van der Waals surface area contributed by atoms with Crippen LogP contribution < -0.4 is 4.72 Å². The predicted molar refractivity (Wildman–Crippen MR) is 76.7 cm³/mol. The van der Waals surface area contributed by atoms with E-state index in [-0.39, 0.29) is 15.9 Å². The first kappa shape index (κ1) is 15.9. The van der Waals surface area contributed by atoms with Crippen LogP contribution in [0.5, 0.6) is 0 Å². The van der Waals surface area contributed by atoms with Crippen molar-refractivity contribution >= 4 is 16.0 Å². The summed E-state index contributed by atoms with van der Waals surface area (Å²) in [5, 5.41) is 8.81. The van der Waals surface area contributed by atoms with Crippen LogP contribution in [0.3, 0.4) is 0 Å². The van der Waals surface area contributed by atoms with Gasteiger partial charge in [0.25, 0.3) is 0 Å². The van der Waals surface area contributed by atoms with Gasteiger partial charge in [0.15, 0.2) is 0 Å². The lowest BCUT2D eigenvalue weighted by molar-refractivity contribution is 0.0264. The molecule has 0 spiro atoms. The minimum atomic E-state index is -3.62. The van der Waals surface area contributed by atoms with Crippen molar-refractivity contribution in [2.24, 2.45) is 5.41 Å². The van der Waals surface area contributed by atoms with Crippen LogP contribution in [0.15, 0.2) is 29.2 Å². The summed E-state index contributed by atoms with van der Waals surface area (Å²) in [6, 6.07) is 5.18. The molecule has 1 aliphatic rings. The molecule has 1 aromatic carbocycles. The van der Waals surface area contributed by atoms with Crippen LogP contribution in [0.4, 0.5) is 0 Å². The normalized spacial score (nSPS) is 18.3. The van der Waals surface area contributed by atoms with Gasteiger partial charge in [0, 0.05) is 19.8 Å². The summed E-state index contributed by atoms with van der Waals surface area (Å²) < 4.78 is 32.3. The summed E-state index contributed by atoms with van der Waals surface area (Å²) in [4.78, 5) is 10.8. The maximum atomic E-state index is 12.2. The van der Waals surface area contributed by atoms with Crippen molar-refractivity contribution in [2.45, 2.75) is 24.7 Å². The van der Waals surface area contributed by atoms with E-state index >= 15 is 0 Å². The highest BCUT2D eigenvalue weighted by Crippen LogP contribution is 2.29. The molecule has 1 aromatic rings. The first-order valence-electron chi connectivity index (χ1n) is 6.73. The summed E-state index contributed by atoms with van der Waals surface area (Å²) in [6.45, 7) is 3.67. The van der Waals surface area contributed by atoms with Gasteiger partial charge in [-0.1, -0.05) is 6.92 Å². The molecule has 2 rings (SSSR count). The molecular formula is C14H19NO5S. The molecule has 7 heteroatoms. The number of carbonyl (C=O) groups is 1. The van der Waals surface area contributed by atoms with Crippen LogP contribution in [0.2, 0.25) is 0 Å². The van der Waals surface area contributed by atoms with E-state index in [0.717, 1.165) is 12.8 Å². The Morgan fingerprint density at radius 1 is 1.29 bits per heavy atom. The van der Waals surface area contributed by atoms with Crippen LogP contribution in [-0.4, -0.2) is 39.3 Å². The van der Waals surface area contributed by atoms with Gasteiger partial charge in [0.2, 0.25) is 10.0 Å². The number of sulfonamides is 1. The number of benzene rings is 1. The average molecular weight is 313 g/mol. The second-order valence-corrected chi connectivity index (χ2v) is 7.34. The van der Waals surface area contributed by atoms with E-state index in [9.17, 15) is 13.2 Å². The van der Waals surface area contributed by atoms with E-state index in [2.05, 4.69) is 4.72 Å². The summed E-state index contributed by atoms with van der Waals surface area (Å²) in [5.41, 5.74) is -0.0443. The molecule has 1 fully saturated rings. The largest absolute Gasteiger partial charge is 0.478 e. The lowest BCUT2D eigenvalue weighted by atomic mass is 9.83. The summed E-state index contributed by atoms with van der Waals surface area (Å²) >= 11 is 0. The van der Waals surface area contributed by atoms with Gasteiger partial charge in [0.05, 0.1) is 10.5 Å². The number of hydrogen-bond acceptors (Lipinski definition) is 4. The third kappa shape index (κ3) is 4.03. The first-order chi connectivity index (χ1) is 9.82. The highest BCUT2D eigenvalue weighted by Gasteiger charge is 2.29. The number of ether oxygens (including phenoxy) is 1. The zero-order chi connectivity index (χ0) is 15.5. The van der Waals surface area contributed by atoms with E-state index in [1.54, 1.807) is 0 Å². The molecule has 0 radical (unpaired) electrons. The van der Waals surface area contributed by atoms with Crippen LogP contribution in [0.25, 0.3) is 0 Å². The summed E-state index contributed by atoms with van der Waals surface area (Å²) in [6.07, 6.45) is 1.63. The van der Waals surface area contributed by atoms with Gasteiger partial charge in [-0.3, -0.25) is 0 Å². The fourth-order valence-electron chi connectivity index (χ4n) is 2.17. The van der Waals surface area contributed by atoms with Crippen LogP contribution >= 0.6 is 0 Å². The predicted octanol–water partition coefficient (Wildman–Crippen LogP) is 1.48. The quantitative estimate of drug-likeness (QED) is 0.859. The van der Waals surface area contributed by atoms with Crippen LogP contribution in [0.1, 0.15) is 30.1 Å². The Morgan fingerprint density at radius 3 is 2.38 bits per heavy atom. The van der Waals surface area contributed by atoms with Gasteiger partial charge in [-0.2, -0.15) is 0 Å². The molecule has 116 valence electrons. The molecule has 1 aliphatic heterocycles. The average Bonchev–Trinajstić information content (AvgIpc) is 2.46. The Morgan fingerprint density at radius 2 is 1.86 bits per heavy atom. The van der Waals surface area contributed by atoms with Gasteiger partial charge in [-0.25, -0.2) is 17.9 Å². The van der Waals surface area contributed by atoms with Crippen molar-refractivity contribution in [2.75, 3.05) is 19.8 Å². The Kier molecular flexibility index (Phi) is 4.65. The first-order valence-corrected chi connectivity index (χ1v) is 8.22. The SMILES string of the molecule is CC1(CNS(=O)(=O)c2ccc(C(=O)O)cc2)CCOCC1. The third-order valence-electron chi connectivity index (χ3n) is 3.80. The summed E-state index contributed by atoms with van der Waals surface area (Å²) in [7, 11) is -3.62. The van der Waals surface area contributed by atoms with E-state index in [0.29, 0.717) is 19.8 Å². The molecule has 0 unspecified atom stereocenters. The molecular weight excluding hydrogens is 294 g/mol. The van der Waals surface area contributed by atoms with Crippen molar-refractivity contribution in [3.8, 4) is 0 Å². The fraction of sp³-hybridized carbons (Fsp3) is 0.500. The van der Waals surface area contributed by atoms with Gasteiger partial charge >= 0.3 is 5.97 Å². The molecule has 1 heterocycles. The van der Waals surface area contributed by atoms with Crippen LogP contribution in [0, 0.1) is 5.41 Å². The number of carboxylic acids is 1. The molecule has 0 aromatic heterocycles. The van der Waals surface area contributed by atoms with Crippen molar-refractivity contribution in [3.63, 3.8) is 0 Å². The third-order valence-corrected chi connectivity index (χ3v) is 5.22. The number of aromatic carboxylic acids is 1. The molecule has 6 nitrogen and oxygen atoms in total. The number of rotatable bonds is 5. The van der Waals surface area contributed by atoms with Crippen molar-refractivity contribution < 1.29 is 23.1 Å². The number of carboxylic acid groups (broad SMARTS) is 1. The lowest BCUT2D eigenvalue weighted by Gasteiger charge is -2.33. The number of nitrogens with one attached hydrogen (secondary N) is 1. The lowest BCUT2D eigenvalue weighted by Crippen LogP contribution is -2.39. The maximum Gasteiger partial charge on any atom is 0.335 e. The molecule has 0 atom stereocenters. The highest BCUT2D eigenvalue weighted by molar-refractivity contribution is 7.89. The van der Waals surface area contributed by atoms with Gasteiger partial charge in [-0.05, 0) is 42.5 Å². The van der Waals surface area contributed by atoms with Crippen molar-refractivity contribution in [1.82, 2.24) is 4.72 Å². The smallest absolute Gasteiger partial charge is 0.335 e. The Labute approximate surface area is 124 Å². The second-order valence-electron chi connectivity index (χ2n) is 5.58. The van der Waals surface area contributed by atoms with E-state index < -0.39 is 16.0 Å². The molecule has 0 bridgehead atoms. The van der Waals surface area contributed by atoms with E-state index in [1.165, 1.54) is 24.3 Å². The van der Waals surface area contributed by atoms with Gasteiger partial charge < -0.3 is 9.84 Å². The molecule has 21 heavy (non-hydrogen) atoms. The minimum Gasteiger partial charge on any atom is -0.478 e. The zero-order valence-corrected chi connectivity index (χ0v) is 12.6. The fourth-order valence-corrected chi connectivity index (χ4v) is 3.37. The van der Waals surface area contributed by atoms with Gasteiger partial charge in [-0.15, -0.1) is 0 Å². The topological polar surface area (TPSA) is 92.7 Å². The Balaban J connectivity index is 2.05. The molecule has 0 aliphatic carbocycles. The molecule has 2 N–H and O–H groups in total. The van der Waals surface area contributed by atoms with Crippen molar-refractivity contribution in [1.29, 1.82) is 0 Å². The molecule has 0 amide bonds. The van der Waals surface area contributed by atoms with E-state index in [1.807, 2.05) is 6.92 Å².